The summed E-state index contributed by atoms with van der Waals surface area (Å²) in [6, 6.07) is 12.1. The van der Waals surface area contributed by atoms with Crippen molar-refractivity contribution in [2.24, 2.45) is 0 Å². The fourth-order valence-corrected chi connectivity index (χ4v) is 4.65. The van der Waals surface area contributed by atoms with Crippen LogP contribution in [-0.2, 0) is 0 Å². The molecule has 0 amide bonds. The fourth-order valence-electron chi connectivity index (χ4n) is 4.65. The number of aliphatic hydroxyl groups is 1. The maximum atomic E-state index is 14.1. The first kappa shape index (κ1) is 18.5. The number of β-amino-alcohol motifs (C(OH)–C–C–N with tert-alkyl or cyclic N) is 1. The number of hydrogen-bond acceptors (Lipinski definition) is 3. The van der Waals surface area contributed by atoms with Gasteiger partial charge in [-0.05, 0) is 53.8 Å². The molecule has 1 heterocycles. The zero-order valence-electron chi connectivity index (χ0n) is 15.5. The summed E-state index contributed by atoms with van der Waals surface area (Å²) in [7, 11) is 0. The van der Waals surface area contributed by atoms with E-state index in [1.165, 1.54) is 18.2 Å². The molecule has 5 heteroatoms. The van der Waals surface area contributed by atoms with E-state index in [4.69, 9.17) is 5.11 Å². The Labute approximate surface area is 159 Å². The molecule has 1 N–H and O–H groups in total. The van der Waals surface area contributed by atoms with Gasteiger partial charge in [-0.3, -0.25) is 9.80 Å². The first-order valence-corrected chi connectivity index (χ1v) is 9.78. The van der Waals surface area contributed by atoms with E-state index in [1.807, 2.05) is 18.2 Å². The van der Waals surface area contributed by atoms with Gasteiger partial charge in [0, 0.05) is 44.7 Å². The number of nitrogens with zero attached hydrogens (tertiary/aromatic N) is 2. The molecular weight excluding hydrogens is 346 g/mol. The quantitative estimate of drug-likeness (QED) is 0.889. The molecule has 4 rings (SSSR count). The number of rotatable bonds is 4. The van der Waals surface area contributed by atoms with Crippen molar-refractivity contribution < 1.29 is 13.9 Å². The van der Waals surface area contributed by atoms with Crippen molar-refractivity contribution in [2.75, 3.05) is 39.3 Å². The maximum absolute atomic E-state index is 14.1. The van der Waals surface area contributed by atoms with Crippen molar-refractivity contribution in [3.63, 3.8) is 0 Å². The van der Waals surface area contributed by atoms with Gasteiger partial charge >= 0.3 is 0 Å². The third kappa shape index (κ3) is 3.91. The first-order chi connectivity index (χ1) is 13.2. The summed E-state index contributed by atoms with van der Waals surface area (Å²) in [5.41, 5.74) is 3.33. The van der Waals surface area contributed by atoms with E-state index in [-0.39, 0.29) is 30.2 Å². The number of piperazine rings is 1. The van der Waals surface area contributed by atoms with Gasteiger partial charge in [-0.15, -0.1) is 0 Å². The molecule has 0 saturated carbocycles. The SMILES string of the molecule is OCCN1CCN(C2CCC(c3ccc(F)cc3)c3ccc(F)cc32)CC1. The first-order valence-electron chi connectivity index (χ1n) is 9.78. The zero-order valence-corrected chi connectivity index (χ0v) is 15.5. The van der Waals surface area contributed by atoms with E-state index in [2.05, 4.69) is 9.80 Å². The van der Waals surface area contributed by atoms with E-state index in [9.17, 15) is 8.78 Å². The molecule has 1 fully saturated rings. The summed E-state index contributed by atoms with van der Waals surface area (Å²) in [4.78, 5) is 4.72. The third-order valence-corrected chi connectivity index (χ3v) is 6.05. The Morgan fingerprint density at radius 3 is 2.26 bits per heavy atom. The van der Waals surface area contributed by atoms with Crippen LogP contribution in [0, 0.1) is 11.6 Å². The second kappa shape index (κ2) is 8.05. The summed E-state index contributed by atoms with van der Waals surface area (Å²) < 4.78 is 27.4. The van der Waals surface area contributed by atoms with Crippen molar-refractivity contribution >= 4 is 0 Å². The molecule has 2 aliphatic rings. The van der Waals surface area contributed by atoms with Crippen molar-refractivity contribution in [3.8, 4) is 0 Å². The van der Waals surface area contributed by atoms with E-state index in [0.717, 1.165) is 62.3 Å². The largest absolute Gasteiger partial charge is 0.395 e. The lowest BCUT2D eigenvalue weighted by Crippen LogP contribution is -2.48. The van der Waals surface area contributed by atoms with Crippen LogP contribution in [0.3, 0.4) is 0 Å². The lowest BCUT2D eigenvalue weighted by molar-refractivity contribution is 0.0762. The number of hydrogen-bond donors (Lipinski definition) is 1. The van der Waals surface area contributed by atoms with E-state index in [0.29, 0.717) is 0 Å². The van der Waals surface area contributed by atoms with E-state index >= 15 is 0 Å². The molecule has 1 aliphatic heterocycles. The van der Waals surface area contributed by atoms with Crippen LogP contribution in [0.25, 0.3) is 0 Å². The van der Waals surface area contributed by atoms with Gasteiger partial charge in [-0.25, -0.2) is 8.78 Å². The van der Waals surface area contributed by atoms with Crippen LogP contribution in [-0.4, -0.2) is 54.2 Å². The number of halogens is 2. The maximum Gasteiger partial charge on any atom is 0.123 e. The predicted molar refractivity (Wildman–Crippen MR) is 102 cm³/mol. The third-order valence-electron chi connectivity index (χ3n) is 6.05. The molecular formula is C22H26F2N2O. The van der Waals surface area contributed by atoms with Gasteiger partial charge < -0.3 is 5.11 Å². The molecule has 0 aromatic heterocycles. The Balaban J connectivity index is 1.59. The van der Waals surface area contributed by atoms with Crippen LogP contribution in [0.1, 0.15) is 41.5 Å². The Kier molecular flexibility index (Phi) is 5.53. The molecule has 2 aromatic carbocycles. The van der Waals surface area contributed by atoms with Crippen LogP contribution in [0.5, 0.6) is 0 Å². The minimum absolute atomic E-state index is 0.188. The van der Waals surface area contributed by atoms with Gasteiger partial charge in [-0.2, -0.15) is 0 Å². The lowest BCUT2D eigenvalue weighted by Gasteiger charge is -2.43. The topological polar surface area (TPSA) is 26.7 Å². The van der Waals surface area contributed by atoms with Crippen LogP contribution >= 0.6 is 0 Å². The van der Waals surface area contributed by atoms with Gasteiger partial charge in [0.25, 0.3) is 0 Å². The summed E-state index contributed by atoms with van der Waals surface area (Å²) in [6.07, 6.45) is 1.95. The fraction of sp³-hybridized carbons (Fsp3) is 0.455. The second-order valence-electron chi connectivity index (χ2n) is 7.57. The Morgan fingerprint density at radius 1 is 0.852 bits per heavy atom. The van der Waals surface area contributed by atoms with E-state index in [1.54, 1.807) is 6.07 Å². The molecule has 3 nitrogen and oxygen atoms in total. The monoisotopic (exact) mass is 372 g/mol. The summed E-state index contributed by atoms with van der Waals surface area (Å²) in [5, 5.41) is 9.13. The van der Waals surface area contributed by atoms with Gasteiger partial charge in [-0.1, -0.05) is 18.2 Å². The Morgan fingerprint density at radius 2 is 1.56 bits per heavy atom. The average molecular weight is 372 g/mol. The normalized spacial score (nSPS) is 24.0. The second-order valence-corrected chi connectivity index (χ2v) is 7.57. The summed E-state index contributed by atoms with van der Waals surface area (Å²) >= 11 is 0. The molecule has 27 heavy (non-hydrogen) atoms. The molecule has 2 atom stereocenters. The van der Waals surface area contributed by atoms with Crippen LogP contribution in [0.15, 0.2) is 42.5 Å². The highest BCUT2D eigenvalue weighted by Gasteiger charge is 2.33. The molecule has 2 unspecified atom stereocenters. The molecule has 144 valence electrons. The smallest absolute Gasteiger partial charge is 0.123 e. The van der Waals surface area contributed by atoms with Crippen LogP contribution in [0.2, 0.25) is 0 Å². The zero-order chi connectivity index (χ0) is 18.8. The predicted octanol–water partition coefficient (Wildman–Crippen LogP) is 3.54. The summed E-state index contributed by atoms with van der Waals surface area (Å²) in [6.45, 7) is 4.64. The standard InChI is InChI=1S/C22H26F2N2O/c23-17-3-1-16(2-4-17)19-7-8-22(21-15-18(24)5-6-20(19)21)26-11-9-25(10-12-26)13-14-27/h1-6,15,19,22,27H,7-14H2. The minimum atomic E-state index is -0.229. The minimum Gasteiger partial charge on any atom is -0.395 e. The van der Waals surface area contributed by atoms with Gasteiger partial charge in [0.1, 0.15) is 11.6 Å². The van der Waals surface area contributed by atoms with Crippen molar-refractivity contribution in [1.29, 1.82) is 0 Å². The highest BCUT2D eigenvalue weighted by atomic mass is 19.1. The van der Waals surface area contributed by atoms with E-state index < -0.39 is 0 Å². The molecule has 0 spiro atoms. The molecule has 0 bridgehead atoms. The van der Waals surface area contributed by atoms with Crippen molar-refractivity contribution in [1.82, 2.24) is 9.80 Å². The molecule has 0 radical (unpaired) electrons. The number of benzene rings is 2. The van der Waals surface area contributed by atoms with Crippen molar-refractivity contribution in [3.05, 3.63) is 70.8 Å². The Hall–Kier alpha value is -1.82. The average Bonchev–Trinajstić information content (AvgIpc) is 2.69. The Bertz CT molecular complexity index is 772. The lowest BCUT2D eigenvalue weighted by atomic mass is 9.76. The molecule has 1 aliphatic carbocycles. The summed E-state index contributed by atoms with van der Waals surface area (Å²) in [5.74, 6) is -0.238. The highest BCUT2D eigenvalue weighted by Crippen LogP contribution is 2.44. The van der Waals surface area contributed by atoms with Gasteiger partial charge in [0.15, 0.2) is 0 Å². The number of fused-ring (bicyclic) bond motifs is 1. The molecule has 1 saturated heterocycles. The molecule has 2 aromatic rings. The van der Waals surface area contributed by atoms with Gasteiger partial charge in [0.05, 0.1) is 6.61 Å². The van der Waals surface area contributed by atoms with Crippen molar-refractivity contribution in [2.45, 2.75) is 24.8 Å². The number of aliphatic hydroxyl groups excluding tert-OH is 1. The van der Waals surface area contributed by atoms with Crippen LogP contribution in [0.4, 0.5) is 8.78 Å². The van der Waals surface area contributed by atoms with Crippen LogP contribution < -0.4 is 0 Å². The van der Waals surface area contributed by atoms with Gasteiger partial charge in [0.2, 0.25) is 0 Å². The highest BCUT2D eigenvalue weighted by molar-refractivity contribution is 5.42.